The van der Waals surface area contributed by atoms with Crippen molar-refractivity contribution in [3.05, 3.63) is 77.3 Å². The zero-order valence-corrected chi connectivity index (χ0v) is 16.0. The molecule has 2 heterocycles. The van der Waals surface area contributed by atoms with E-state index in [-0.39, 0.29) is 34.7 Å². The number of nitrogens with zero attached hydrogens (tertiary/aromatic N) is 1. The lowest BCUT2D eigenvalue weighted by atomic mass is 10.00. The first-order valence-electron chi connectivity index (χ1n) is 8.71. The summed E-state index contributed by atoms with van der Waals surface area (Å²) in [6.07, 6.45) is -2.21. The van der Waals surface area contributed by atoms with Gasteiger partial charge in [-0.05, 0) is 35.9 Å². The van der Waals surface area contributed by atoms with E-state index in [1.54, 1.807) is 30.3 Å². The summed E-state index contributed by atoms with van der Waals surface area (Å²) in [5.41, 5.74) is -0.106. The number of furan rings is 1. The summed E-state index contributed by atoms with van der Waals surface area (Å²) in [6.45, 7) is 0.233. The van der Waals surface area contributed by atoms with Crippen LogP contribution in [0.2, 0.25) is 5.02 Å². The number of aromatic amines is 1. The van der Waals surface area contributed by atoms with Gasteiger partial charge in [0.1, 0.15) is 29.5 Å². The molecule has 154 valence electrons. The second kappa shape index (κ2) is 7.79. The Morgan fingerprint density at radius 2 is 1.87 bits per heavy atom. The fourth-order valence-electron chi connectivity index (χ4n) is 2.98. The number of nitrogens with one attached hydrogen (secondary N) is 1. The van der Waals surface area contributed by atoms with Gasteiger partial charge in [0.15, 0.2) is 0 Å². The Kier molecular flexibility index (Phi) is 5.17. The highest BCUT2D eigenvalue weighted by molar-refractivity contribution is 6.30. The number of phenolic OH excluding ortho intramolecular Hbond substituents is 1. The van der Waals surface area contributed by atoms with Crippen molar-refractivity contribution >= 4 is 11.6 Å². The average Bonchev–Trinajstić information content (AvgIpc) is 3.37. The summed E-state index contributed by atoms with van der Waals surface area (Å²) < 4.78 is 50.9. The van der Waals surface area contributed by atoms with Gasteiger partial charge in [0, 0.05) is 27.8 Å². The third kappa shape index (κ3) is 3.99. The van der Waals surface area contributed by atoms with Crippen LogP contribution in [0.15, 0.2) is 65.5 Å². The molecule has 30 heavy (non-hydrogen) atoms. The minimum absolute atomic E-state index is 0.0505. The van der Waals surface area contributed by atoms with Crippen molar-refractivity contribution in [1.82, 2.24) is 10.2 Å². The maximum atomic E-state index is 13.4. The number of halogens is 4. The number of benzene rings is 2. The van der Waals surface area contributed by atoms with Gasteiger partial charge in [-0.1, -0.05) is 23.7 Å². The largest absolute Gasteiger partial charge is 0.507 e. The highest BCUT2D eigenvalue weighted by Crippen LogP contribution is 2.43. The molecular weight excluding hydrogens is 421 g/mol. The van der Waals surface area contributed by atoms with E-state index < -0.39 is 11.9 Å². The quantitative estimate of drug-likeness (QED) is 0.387. The van der Waals surface area contributed by atoms with Crippen molar-refractivity contribution in [2.24, 2.45) is 0 Å². The van der Waals surface area contributed by atoms with Gasteiger partial charge in [-0.25, -0.2) is 0 Å². The van der Waals surface area contributed by atoms with Gasteiger partial charge in [0.2, 0.25) is 0 Å². The Morgan fingerprint density at radius 1 is 1.10 bits per heavy atom. The fourth-order valence-corrected chi connectivity index (χ4v) is 3.10. The van der Waals surface area contributed by atoms with Crippen LogP contribution in [0.5, 0.6) is 11.5 Å². The van der Waals surface area contributed by atoms with Crippen molar-refractivity contribution in [3.8, 4) is 33.9 Å². The molecule has 0 bridgehead atoms. The molecule has 2 N–H and O–H groups in total. The van der Waals surface area contributed by atoms with Gasteiger partial charge >= 0.3 is 6.18 Å². The molecule has 5 nitrogen and oxygen atoms in total. The summed E-state index contributed by atoms with van der Waals surface area (Å²) in [5.74, 6) is 0.0798. The number of aromatic nitrogens is 2. The van der Waals surface area contributed by atoms with Gasteiger partial charge in [-0.15, -0.1) is 0 Å². The van der Waals surface area contributed by atoms with Crippen molar-refractivity contribution in [2.75, 3.05) is 0 Å². The smallest absolute Gasteiger partial charge is 0.433 e. The van der Waals surface area contributed by atoms with Gasteiger partial charge in [-0.2, -0.15) is 18.3 Å². The first-order chi connectivity index (χ1) is 14.3. The predicted octanol–water partition coefficient (Wildman–Crippen LogP) is 6.29. The van der Waals surface area contributed by atoms with E-state index in [2.05, 4.69) is 5.10 Å². The lowest BCUT2D eigenvalue weighted by molar-refractivity contribution is -0.140. The van der Waals surface area contributed by atoms with E-state index in [0.29, 0.717) is 10.8 Å². The standard InChI is InChI=1S/C21H14ClF3N2O3/c22-14-3-1-12(2-4-14)10-30-15-5-6-16(17(28)9-15)19-18(13-7-8-29-11-13)20(27-26-19)21(23,24)25/h1-9,11,28H,10H2,(H,26,27). The van der Waals surface area contributed by atoms with Crippen molar-refractivity contribution in [1.29, 1.82) is 0 Å². The van der Waals surface area contributed by atoms with E-state index in [0.717, 1.165) is 5.56 Å². The maximum Gasteiger partial charge on any atom is 0.433 e. The van der Waals surface area contributed by atoms with Crippen LogP contribution in [0.3, 0.4) is 0 Å². The summed E-state index contributed by atoms with van der Waals surface area (Å²) in [6, 6.07) is 12.8. The van der Waals surface area contributed by atoms with Gasteiger partial charge in [0.05, 0.1) is 12.5 Å². The summed E-state index contributed by atoms with van der Waals surface area (Å²) >= 11 is 5.85. The van der Waals surface area contributed by atoms with Gasteiger partial charge < -0.3 is 14.3 Å². The van der Waals surface area contributed by atoms with Gasteiger partial charge in [0.25, 0.3) is 0 Å². The summed E-state index contributed by atoms with van der Waals surface area (Å²) in [5, 5.41) is 16.9. The van der Waals surface area contributed by atoms with Crippen LogP contribution in [-0.4, -0.2) is 15.3 Å². The zero-order valence-electron chi connectivity index (χ0n) is 15.2. The predicted molar refractivity (Wildman–Crippen MR) is 104 cm³/mol. The molecule has 2 aromatic carbocycles. The van der Waals surface area contributed by atoms with Crippen LogP contribution in [-0.2, 0) is 12.8 Å². The number of aromatic hydroxyl groups is 1. The van der Waals surface area contributed by atoms with Crippen LogP contribution < -0.4 is 4.74 Å². The monoisotopic (exact) mass is 434 g/mol. The fraction of sp³-hybridized carbons (Fsp3) is 0.0952. The van der Waals surface area contributed by atoms with Gasteiger partial charge in [-0.3, -0.25) is 5.10 Å². The molecule has 0 aliphatic heterocycles. The minimum Gasteiger partial charge on any atom is -0.507 e. The molecule has 0 amide bonds. The van der Waals surface area contributed by atoms with Crippen LogP contribution in [0.4, 0.5) is 13.2 Å². The maximum absolute atomic E-state index is 13.4. The Bertz CT molecular complexity index is 1150. The van der Waals surface area contributed by atoms with E-state index in [9.17, 15) is 18.3 Å². The van der Waals surface area contributed by atoms with E-state index >= 15 is 0 Å². The van der Waals surface area contributed by atoms with Crippen LogP contribution >= 0.6 is 11.6 Å². The van der Waals surface area contributed by atoms with E-state index in [1.807, 2.05) is 5.10 Å². The van der Waals surface area contributed by atoms with E-state index in [4.69, 9.17) is 20.8 Å². The van der Waals surface area contributed by atoms with Crippen LogP contribution in [0, 0.1) is 0 Å². The molecule has 0 aliphatic carbocycles. The Labute approximate surface area is 173 Å². The molecule has 0 unspecified atom stereocenters. The Hall–Kier alpha value is -3.39. The Balaban J connectivity index is 1.65. The first-order valence-corrected chi connectivity index (χ1v) is 9.09. The molecule has 0 spiro atoms. The second-order valence-corrected chi connectivity index (χ2v) is 6.86. The molecule has 4 aromatic rings. The van der Waals surface area contributed by atoms with Crippen molar-refractivity contribution < 1.29 is 27.4 Å². The highest BCUT2D eigenvalue weighted by Gasteiger charge is 2.38. The number of H-pyrrole nitrogens is 1. The minimum atomic E-state index is -4.66. The highest BCUT2D eigenvalue weighted by atomic mass is 35.5. The molecule has 0 fully saturated rings. The zero-order chi connectivity index (χ0) is 21.3. The SMILES string of the molecule is Oc1cc(OCc2ccc(Cl)cc2)ccc1-c1n[nH]c(C(F)(F)F)c1-c1ccoc1. The molecule has 0 atom stereocenters. The van der Waals surface area contributed by atoms with E-state index in [1.165, 1.54) is 30.7 Å². The molecule has 2 aromatic heterocycles. The third-order valence-electron chi connectivity index (χ3n) is 4.40. The Morgan fingerprint density at radius 3 is 2.50 bits per heavy atom. The molecule has 9 heteroatoms. The number of phenols is 1. The summed E-state index contributed by atoms with van der Waals surface area (Å²) in [7, 11) is 0. The molecule has 0 aliphatic rings. The lowest BCUT2D eigenvalue weighted by Gasteiger charge is -2.10. The molecule has 0 saturated heterocycles. The summed E-state index contributed by atoms with van der Waals surface area (Å²) in [4.78, 5) is 0. The topological polar surface area (TPSA) is 71.3 Å². The number of rotatable bonds is 5. The third-order valence-corrected chi connectivity index (χ3v) is 4.65. The average molecular weight is 435 g/mol. The number of hydrogen-bond acceptors (Lipinski definition) is 4. The number of alkyl halides is 3. The first kappa shape index (κ1) is 19.9. The number of hydrogen-bond donors (Lipinski definition) is 2. The van der Waals surface area contributed by atoms with Crippen molar-refractivity contribution in [3.63, 3.8) is 0 Å². The lowest BCUT2D eigenvalue weighted by Crippen LogP contribution is -2.07. The number of ether oxygens (including phenoxy) is 1. The normalized spacial score (nSPS) is 11.6. The molecule has 0 saturated carbocycles. The van der Waals surface area contributed by atoms with Crippen LogP contribution in [0.25, 0.3) is 22.4 Å². The molecule has 0 radical (unpaired) electrons. The molecular formula is C21H14ClF3N2O3. The van der Waals surface area contributed by atoms with Crippen molar-refractivity contribution in [2.45, 2.75) is 12.8 Å². The van der Waals surface area contributed by atoms with Crippen LogP contribution in [0.1, 0.15) is 11.3 Å². The molecule has 4 rings (SSSR count). The second-order valence-electron chi connectivity index (χ2n) is 6.43.